The van der Waals surface area contributed by atoms with Gasteiger partial charge in [-0.1, -0.05) is 33.8 Å². The third-order valence-corrected chi connectivity index (χ3v) is 14.2. The lowest BCUT2D eigenvalue weighted by atomic mass is 9.92. The molecule has 0 radical (unpaired) electrons. The van der Waals surface area contributed by atoms with Gasteiger partial charge >= 0.3 is 32.5 Å². The van der Waals surface area contributed by atoms with Crippen LogP contribution in [0.5, 0.6) is 0 Å². The number of fused-ring (bicyclic) bond motifs is 4. The minimum atomic E-state index is -5.50. The predicted molar refractivity (Wildman–Crippen MR) is 229 cm³/mol. The Bertz CT molecular complexity index is 2880. The van der Waals surface area contributed by atoms with E-state index in [0.717, 1.165) is 11.1 Å². The van der Waals surface area contributed by atoms with E-state index >= 15 is 17.6 Å². The first-order chi connectivity index (χ1) is 28.5. The monoisotopic (exact) mass is 856 g/mol. The molecule has 2 aliphatic carbocycles. The number of halogens is 1. The van der Waals surface area contributed by atoms with Crippen LogP contribution in [0.3, 0.4) is 0 Å². The Morgan fingerprint density at radius 1 is 0.817 bits per heavy atom. The van der Waals surface area contributed by atoms with E-state index in [0.29, 0.717) is 95.7 Å². The number of urea groups is 2. The van der Waals surface area contributed by atoms with Gasteiger partial charge in [0.2, 0.25) is 0 Å². The lowest BCUT2D eigenvalue weighted by Gasteiger charge is -2.40. The normalized spacial score (nSPS) is 13.9. The number of aromatic nitrogens is 4. The minimum absolute atomic E-state index is 0.0592. The first-order valence-electron chi connectivity index (χ1n) is 19.6. The van der Waals surface area contributed by atoms with Crippen molar-refractivity contribution in [1.82, 2.24) is 24.7 Å². The molecule has 2 aliphatic rings. The van der Waals surface area contributed by atoms with Crippen molar-refractivity contribution in [3.63, 3.8) is 0 Å². The van der Waals surface area contributed by atoms with E-state index < -0.39 is 38.3 Å². The number of nitrogens with one attached hydrogen (secondary N) is 3. The van der Waals surface area contributed by atoms with Crippen LogP contribution in [0, 0.1) is 5.82 Å². The first kappa shape index (κ1) is 40.6. The van der Waals surface area contributed by atoms with Crippen molar-refractivity contribution in [3.05, 3.63) is 106 Å². The maximum absolute atomic E-state index is 16.3. The van der Waals surface area contributed by atoms with Gasteiger partial charge in [0.25, 0.3) is 0 Å². The van der Waals surface area contributed by atoms with Crippen molar-refractivity contribution in [2.75, 3.05) is 18.5 Å². The van der Waals surface area contributed by atoms with Gasteiger partial charge in [0.05, 0.1) is 40.5 Å². The number of hydrogen-bond donors (Lipinski definition) is 4. The zero-order chi connectivity index (χ0) is 42.8. The summed E-state index contributed by atoms with van der Waals surface area (Å²) >= 11 is 0. The molecule has 0 saturated heterocycles. The SMILES string of the molecule is CC(C)c1cc(F)cc(C(C)C)c1NC(=O)N(c1ccc2cnn(C)c2c1)S(=O)(=O)N(c1c2c(cc3c1CCC3)CCC2)N(c1ccc2cn[nH]c2c1)S(=O)(=O)NC(N)=O. The van der Waals surface area contributed by atoms with Crippen molar-refractivity contribution in [2.45, 2.75) is 78.1 Å². The number of H-pyrrole nitrogens is 1. The lowest BCUT2D eigenvalue weighted by Crippen LogP contribution is -2.61. The molecule has 0 atom stereocenters. The number of anilines is 4. The summed E-state index contributed by atoms with van der Waals surface area (Å²) in [5, 5.41) is 15.2. The van der Waals surface area contributed by atoms with E-state index in [1.165, 1.54) is 47.3 Å². The van der Waals surface area contributed by atoms with Gasteiger partial charge in [0.1, 0.15) is 5.82 Å². The minimum Gasteiger partial charge on any atom is -0.351 e. The molecule has 0 spiro atoms. The molecule has 4 aromatic carbocycles. The molecule has 2 heterocycles. The average molecular weight is 857 g/mol. The highest BCUT2D eigenvalue weighted by Crippen LogP contribution is 2.45. The number of primary amides is 1. The molecule has 0 unspecified atom stereocenters. The molecular formula is C41H45FN10O6S2. The van der Waals surface area contributed by atoms with Crippen LogP contribution in [0.4, 0.5) is 36.7 Å². The quantitative estimate of drug-likeness (QED) is 0.100. The molecule has 16 nitrogen and oxygen atoms in total. The zero-order valence-electron chi connectivity index (χ0n) is 33.7. The molecule has 0 saturated carbocycles. The number of benzene rings is 4. The molecule has 0 fully saturated rings. The summed E-state index contributed by atoms with van der Waals surface area (Å²) in [6.45, 7) is 7.29. The van der Waals surface area contributed by atoms with Crippen LogP contribution in [-0.2, 0) is 53.1 Å². The molecule has 2 aromatic heterocycles. The summed E-state index contributed by atoms with van der Waals surface area (Å²) in [5.41, 5.74) is 9.88. The fraction of sp³-hybridized carbons (Fsp3) is 0.317. The van der Waals surface area contributed by atoms with Crippen LogP contribution in [0.15, 0.2) is 67.0 Å². The molecule has 60 heavy (non-hydrogen) atoms. The molecule has 0 bridgehead atoms. The van der Waals surface area contributed by atoms with Crippen molar-refractivity contribution in [2.24, 2.45) is 12.8 Å². The molecular weight excluding hydrogens is 812 g/mol. The number of nitrogens with zero attached hydrogens (tertiary/aromatic N) is 6. The first-order valence-corrected chi connectivity index (χ1v) is 22.4. The third kappa shape index (κ3) is 7.04. The molecule has 5 N–H and O–H groups in total. The summed E-state index contributed by atoms with van der Waals surface area (Å²) in [6.07, 6.45) is 6.44. The van der Waals surface area contributed by atoms with Crippen molar-refractivity contribution >= 4 is 77.0 Å². The summed E-state index contributed by atoms with van der Waals surface area (Å²) < 4.78 is 82.2. The standard InChI is InChI=1S/C41H45FN10O6S2/c1-23(2)34-17-29(42)18-35(24(3)4)38(34)46-41(54)50(30-14-13-28-22-45-49(5)37(28)20-30)60(57,58)52(39-32-10-6-8-25(32)16-26-9-7-11-33(26)39)51(59(55,56)48-40(43)53)31-15-12-27-21-44-47-36(27)19-31/h12-24H,6-11H2,1-5H3,(H,44,47)(H,46,54)(H3,43,48,53). The van der Waals surface area contributed by atoms with Gasteiger partial charge in [-0.3, -0.25) is 9.78 Å². The number of hydrogen-bond acceptors (Lipinski definition) is 8. The van der Waals surface area contributed by atoms with E-state index in [2.05, 4.69) is 20.6 Å². The van der Waals surface area contributed by atoms with Gasteiger partial charge in [0.15, 0.2) is 0 Å². The van der Waals surface area contributed by atoms with Crippen LogP contribution in [0.2, 0.25) is 0 Å². The Morgan fingerprint density at radius 3 is 2.05 bits per heavy atom. The molecule has 0 aliphatic heterocycles. The smallest absolute Gasteiger partial charge is 0.351 e. The highest BCUT2D eigenvalue weighted by molar-refractivity contribution is 7.97. The van der Waals surface area contributed by atoms with E-state index in [4.69, 9.17) is 5.73 Å². The topological polar surface area (TPSA) is 209 Å². The van der Waals surface area contributed by atoms with Crippen LogP contribution in [0.1, 0.15) is 85.8 Å². The van der Waals surface area contributed by atoms with E-state index in [1.54, 1.807) is 30.1 Å². The van der Waals surface area contributed by atoms with Gasteiger partial charge in [-0.25, -0.2) is 18.7 Å². The maximum atomic E-state index is 16.3. The number of hydrazine groups is 1. The number of carbonyl (C=O) groups is 2. The van der Waals surface area contributed by atoms with Crippen LogP contribution in [-0.4, -0.2) is 48.9 Å². The Kier molecular flexibility index (Phi) is 10.2. The highest BCUT2D eigenvalue weighted by Gasteiger charge is 2.47. The third-order valence-electron chi connectivity index (χ3n) is 11.1. The van der Waals surface area contributed by atoms with Crippen LogP contribution >= 0.6 is 0 Å². The summed E-state index contributed by atoms with van der Waals surface area (Å²) in [7, 11) is -9.10. The number of rotatable bonds is 11. The molecule has 6 aromatic rings. The number of carbonyl (C=O) groups excluding carboxylic acids is 2. The Balaban J connectivity index is 1.45. The van der Waals surface area contributed by atoms with E-state index in [9.17, 15) is 13.2 Å². The number of amides is 4. The summed E-state index contributed by atoms with van der Waals surface area (Å²) in [5.74, 6) is -1.15. The van der Waals surface area contributed by atoms with E-state index in [1.807, 2.05) is 33.8 Å². The van der Waals surface area contributed by atoms with Gasteiger partial charge in [0, 0.05) is 23.5 Å². The largest absolute Gasteiger partial charge is 0.353 e. The second-order valence-corrected chi connectivity index (χ2v) is 18.9. The predicted octanol–water partition coefficient (Wildman–Crippen LogP) is 6.94. The fourth-order valence-corrected chi connectivity index (χ4v) is 11.5. The zero-order valence-corrected chi connectivity index (χ0v) is 35.3. The molecule has 19 heteroatoms. The lowest BCUT2D eigenvalue weighted by molar-refractivity contribution is 0.253. The summed E-state index contributed by atoms with van der Waals surface area (Å²) in [6, 6.07) is 10.8. The second kappa shape index (κ2) is 15.1. The highest BCUT2D eigenvalue weighted by atomic mass is 32.2. The van der Waals surface area contributed by atoms with Crippen molar-refractivity contribution in [1.29, 1.82) is 0 Å². The molecule has 8 rings (SSSR count). The Hall–Kier alpha value is -6.21. The van der Waals surface area contributed by atoms with Crippen LogP contribution in [0.25, 0.3) is 21.8 Å². The number of aryl methyl sites for hydroxylation is 3. The number of nitrogens with two attached hydrogens (primary N) is 1. The second-order valence-electron chi connectivity index (χ2n) is 15.8. The van der Waals surface area contributed by atoms with E-state index in [-0.39, 0.29) is 34.6 Å². The maximum Gasteiger partial charge on any atom is 0.353 e. The van der Waals surface area contributed by atoms with Gasteiger partial charge in [-0.05, 0) is 132 Å². The molecule has 4 amide bonds. The van der Waals surface area contributed by atoms with Gasteiger partial charge < -0.3 is 11.1 Å². The molecule has 314 valence electrons. The average Bonchev–Trinajstić information content (AvgIpc) is 4.00. The van der Waals surface area contributed by atoms with Gasteiger partial charge in [-0.2, -0.15) is 31.3 Å². The Labute approximate surface area is 346 Å². The fourth-order valence-electron chi connectivity index (χ4n) is 8.43. The van der Waals surface area contributed by atoms with Gasteiger partial charge in [-0.15, -0.1) is 8.83 Å². The summed E-state index contributed by atoms with van der Waals surface area (Å²) in [4.78, 5) is 27.8. The van der Waals surface area contributed by atoms with Crippen molar-refractivity contribution in [3.8, 4) is 0 Å². The van der Waals surface area contributed by atoms with Crippen LogP contribution < -0.4 is 28.9 Å². The van der Waals surface area contributed by atoms with Crippen molar-refractivity contribution < 1.29 is 30.8 Å². The Morgan fingerprint density at radius 2 is 1.43 bits per heavy atom. The number of aromatic amines is 1.